The Hall–Kier alpha value is -1.66. The third-order valence-electron chi connectivity index (χ3n) is 2.97. The average Bonchev–Trinajstić information content (AvgIpc) is 2.70. The number of rotatable bonds is 4. The van der Waals surface area contributed by atoms with Crippen molar-refractivity contribution >= 4 is 28.0 Å². The fraction of sp³-hybridized carbons (Fsp3) is 0.308. The van der Waals surface area contributed by atoms with Crippen LogP contribution in [0.3, 0.4) is 0 Å². The summed E-state index contributed by atoms with van der Waals surface area (Å²) in [5.74, 6) is -1.23. The van der Waals surface area contributed by atoms with Gasteiger partial charge in [0.2, 0.25) is 0 Å². The first-order valence-corrected chi connectivity index (χ1v) is 7.07. The van der Waals surface area contributed by atoms with Crippen molar-refractivity contribution in [3.05, 3.63) is 35.5 Å². The zero-order valence-electron chi connectivity index (χ0n) is 10.6. The van der Waals surface area contributed by atoms with Crippen LogP contribution >= 0.6 is 0 Å². The van der Waals surface area contributed by atoms with Crippen LogP contribution in [-0.2, 0) is 16.8 Å². The Labute approximate surface area is 113 Å². The minimum Gasteiger partial charge on any atom is -0.772 e. The molecule has 0 aliphatic rings. The molecule has 1 aromatic carbocycles. The third kappa shape index (κ3) is 2.69. The number of hydrogen-bond acceptors (Lipinski definition) is 3. The SMILES string of the molecule is CC(C)n1ccc2c(C(=O)O)cc(CS(=O)[O-])cc21. The number of fused-ring (bicyclic) bond motifs is 1. The first-order chi connectivity index (χ1) is 8.90. The van der Waals surface area contributed by atoms with Crippen molar-refractivity contribution in [2.24, 2.45) is 0 Å². The lowest BCUT2D eigenvalue weighted by Gasteiger charge is -2.12. The molecule has 0 amide bonds. The number of benzene rings is 1. The zero-order chi connectivity index (χ0) is 14.2. The van der Waals surface area contributed by atoms with Gasteiger partial charge < -0.3 is 14.2 Å². The summed E-state index contributed by atoms with van der Waals surface area (Å²) in [6.45, 7) is 3.97. The van der Waals surface area contributed by atoms with E-state index < -0.39 is 17.0 Å². The molecule has 1 aromatic heterocycles. The monoisotopic (exact) mass is 280 g/mol. The number of aromatic carboxylic acids is 1. The molecule has 0 radical (unpaired) electrons. The molecule has 1 atom stereocenters. The highest BCUT2D eigenvalue weighted by molar-refractivity contribution is 7.78. The molecule has 2 rings (SSSR count). The Bertz CT molecular complexity index is 660. The number of aromatic nitrogens is 1. The van der Waals surface area contributed by atoms with E-state index in [9.17, 15) is 18.7 Å². The van der Waals surface area contributed by atoms with Gasteiger partial charge in [-0.25, -0.2) is 4.79 Å². The van der Waals surface area contributed by atoms with E-state index in [4.69, 9.17) is 0 Å². The van der Waals surface area contributed by atoms with Crippen LogP contribution in [0.25, 0.3) is 10.9 Å². The van der Waals surface area contributed by atoms with Crippen LogP contribution in [0.2, 0.25) is 0 Å². The quantitative estimate of drug-likeness (QED) is 0.871. The van der Waals surface area contributed by atoms with Crippen LogP contribution in [0.1, 0.15) is 35.8 Å². The molecule has 102 valence electrons. The van der Waals surface area contributed by atoms with Crippen LogP contribution < -0.4 is 0 Å². The average molecular weight is 280 g/mol. The molecule has 0 saturated carbocycles. The van der Waals surface area contributed by atoms with Crippen LogP contribution in [0.4, 0.5) is 0 Å². The Morgan fingerprint density at radius 2 is 2.16 bits per heavy atom. The minimum absolute atomic E-state index is 0.136. The zero-order valence-corrected chi connectivity index (χ0v) is 11.4. The number of hydrogen-bond donors (Lipinski definition) is 1. The van der Waals surface area contributed by atoms with Crippen molar-refractivity contribution in [3.63, 3.8) is 0 Å². The van der Waals surface area contributed by atoms with Crippen molar-refractivity contribution in [1.29, 1.82) is 0 Å². The molecule has 1 unspecified atom stereocenters. The van der Waals surface area contributed by atoms with E-state index in [1.807, 2.05) is 24.6 Å². The highest BCUT2D eigenvalue weighted by atomic mass is 32.2. The largest absolute Gasteiger partial charge is 0.772 e. The summed E-state index contributed by atoms with van der Waals surface area (Å²) in [5, 5.41) is 9.85. The molecular formula is C13H14NO4S-. The highest BCUT2D eigenvalue weighted by Gasteiger charge is 2.14. The van der Waals surface area contributed by atoms with Gasteiger partial charge >= 0.3 is 5.97 Å². The predicted molar refractivity (Wildman–Crippen MR) is 71.9 cm³/mol. The van der Waals surface area contributed by atoms with Crippen LogP contribution in [0.5, 0.6) is 0 Å². The van der Waals surface area contributed by atoms with Gasteiger partial charge in [-0.1, -0.05) is 11.1 Å². The first kappa shape index (κ1) is 13.8. The summed E-state index contributed by atoms with van der Waals surface area (Å²) in [6.07, 6.45) is 1.82. The van der Waals surface area contributed by atoms with Crippen molar-refractivity contribution in [2.45, 2.75) is 25.6 Å². The second-order valence-corrected chi connectivity index (χ2v) is 5.54. The van der Waals surface area contributed by atoms with Gasteiger partial charge in [0.25, 0.3) is 0 Å². The molecule has 1 N–H and O–H groups in total. The second kappa shape index (κ2) is 5.14. The van der Waals surface area contributed by atoms with Crippen molar-refractivity contribution in [3.8, 4) is 0 Å². The lowest BCUT2D eigenvalue weighted by molar-refractivity contribution is 0.0699. The molecule has 19 heavy (non-hydrogen) atoms. The smallest absolute Gasteiger partial charge is 0.336 e. The first-order valence-electron chi connectivity index (χ1n) is 5.82. The minimum atomic E-state index is -2.24. The van der Waals surface area contributed by atoms with Gasteiger partial charge in [0.05, 0.1) is 5.56 Å². The molecule has 1 heterocycles. The number of nitrogens with zero attached hydrogens (tertiary/aromatic N) is 1. The number of carboxylic acid groups (broad SMARTS) is 1. The van der Waals surface area contributed by atoms with Gasteiger partial charge in [0, 0.05) is 28.9 Å². The fourth-order valence-corrected chi connectivity index (χ4v) is 2.61. The van der Waals surface area contributed by atoms with Crippen molar-refractivity contribution in [2.75, 3.05) is 0 Å². The molecule has 0 aliphatic carbocycles. The van der Waals surface area contributed by atoms with Crippen LogP contribution in [0.15, 0.2) is 24.4 Å². The number of carboxylic acids is 1. The standard InChI is InChI=1S/C13H15NO4S/c1-8(2)14-4-3-10-11(13(15)16)5-9(6-12(10)14)7-19(17)18/h3-6,8H,7H2,1-2H3,(H,15,16)(H,17,18)/p-1. The maximum atomic E-state index is 11.3. The van der Waals surface area contributed by atoms with E-state index >= 15 is 0 Å². The second-order valence-electron chi connectivity index (χ2n) is 4.65. The summed E-state index contributed by atoms with van der Waals surface area (Å²) >= 11 is -2.24. The molecule has 0 aliphatic heterocycles. The molecule has 0 spiro atoms. The summed E-state index contributed by atoms with van der Waals surface area (Å²) in [5.41, 5.74) is 1.37. The van der Waals surface area contributed by atoms with E-state index in [2.05, 4.69) is 0 Å². The van der Waals surface area contributed by atoms with Gasteiger partial charge in [0.15, 0.2) is 0 Å². The topological polar surface area (TPSA) is 82.4 Å². The van der Waals surface area contributed by atoms with Crippen molar-refractivity contribution < 1.29 is 18.7 Å². The maximum Gasteiger partial charge on any atom is 0.336 e. The lowest BCUT2D eigenvalue weighted by Crippen LogP contribution is -2.03. The van der Waals surface area contributed by atoms with E-state index in [-0.39, 0.29) is 17.4 Å². The van der Waals surface area contributed by atoms with Gasteiger partial charge in [-0.15, -0.1) is 0 Å². The van der Waals surface area contributed by atoms with Gasteiger partial charge in [0.1, 0.15) is 0 Å². The maximum absolute atomic E-state index is 11.3. The summed E-state index contributed by atoms with van der Waals surface area (Å²) in [6, 6.07) is 5.08. The normalized spacial score (nSPS) is 13.1. The van der Waals surface area contributed by atoms with E-state index in [1.165, 1.54) is 6.07 Å². The molecule has 2 aromatic rings. The van der Waals surface area contributed by atoms with E-state index in [1.54, 1.807) is 12.1 Å². The summed E-state index contributed by atoms with van der Waals surface area (Å²) in [7, 11) is 0. The van der Waals surface area contributed by atoms with Gasteiger partial charge in [-0.2, -0.15) is 0 Å². The molecule has 0 bridgehead atoms. The molecular weight excluding hydrogens is 266 g/mol. The Morgan fingerprint density at radius 1 is 1.47 bits per heavy atom. The van der Waals surface area contributed by atoms with Gasteiger partial charge in [-0.05, 0) is 37.6 Å². The lowest BCUT2D eigenvalue weighted by atomic mass is 10.1. The Balaban J connectivity index is 2.71. The van der Waals surface area contributed by atoms with Crippen LogP contribution in [-0.4, -0.2) is 24.4 Å². The number of carbonyl (C=O) groups is 1. The van der Waals surface area contributed by atoms with Crippen molar-refractivity contribution in [1.82, 2.24) is 4.57 Å². The highest BCUT2D eigenvalue weighted by Crippen LogP contribution is 2.26. The summed E-state index contributed by atoms with van der Waals surface area (Å²) < 4.78 is 23.5. The van der Waals surface area contributed by atoms with Crippen LogP contribution in [0, 0.1) is 0 Å². The van der Waals surface area contributed by atoms with Gasteiger partial charge in [-0.3, -0.25) is 4.21 Å². The molecule has 5 nitrogen and oxygen atoms in total. The molecule has 0 fully saturated rings. The Kier molecular flexibility index (Phi) is 3.73. The third-order valence-corrected chi connectivity index (χ3v) is 3.54. The Morgan fingerprint density at radius 3 is 2.68 bits per heavy atom. The summed E-state index contributed by atoms with van der Waals surface area (Å²) in [4.78, 5) is 11.3. The van der Waals surface area contributed by atoms with E-state index in [0.717, 1.165) is 5.52 Å². The predicted octanol–water partition coefficient (Wildman–Crippen LogP) is 2.30. The molecule has 6 heteroatoms. The molecule has 0 saturated heterocycles. The van der Waals surface area contributed by atoms with E-state index in [0.29, 0.717) is 10.9 Å². The fourth-order valence-electron chi connectivity index (χ4n) is 2.17.